The van der Waals surface area contributed by atoms with E-state index in [1.54, 1.807) is 0 Å². The van der Waals surface area contributed by atoms with Gasteiger partial charge in [-0.05, 0) is 63.9 Å². The van der Waals surface area contributed by atoms with E-state index in [4.69, 9.17) is 0 Å². The molecule has 1 aliphatic carbocycles. The Morgan fingerprint density at radius 1 is 1.21 bits per heavy atom. The lowest BCUT2D eigenvalue weighted by Gasteiger charge is -2.23. The molecule has 3 N–H and O–H groups in total. The smallest absolute Gasteiger partial charge is 0.278 e. The van der Waals surface area contributed by atoms with Crippen LogP contribution in [0.15, 0.2) is 18.2 Å². The molecule has 2 aromatic heterocycles. The molecular formula is C20H25N7O. The van der Waals surface area contributed by atoms with E-state index in [0.717, 1.165) is 54.2 Å². The minimum atomic E-state index is -0.226. The number of piperidine rings is 1. The van der Waals surface area contributed by atoms with Gasteiger partial charge in [-0.15, -0.1) is 5.10 Å². The summed E-state index contributed by atoms with van der Waals surface area (Å²) in [7, 11) is 0. The average molecular weight is 379 g/mol. The predicted octanol–water partition coefficient (Wildman–Crippen LogP) is 2.91. The molecule has 1 aliphatic heterocycles. The highest BCUT2D eigenvalue weighted by molar-refractivity contribution is 6.04. The molecule has 1 amide bonds. The number of amides is 1. The SMILES string of the molecule is Cc1c(C(=O)Nc2ccc3nc(C4CCC4)[nH]c3c2)nnn1C1CCNCC1. The molecule has 3 heterocycles. The van der Waals surface area contributed by atoms with Crippen molar-refractivity contribution in [2.75, 3.05) is 18.4 Å². The Hall–Kier alpha value is -2.74. The summed E-state index contributed by atoms with van der Waals surface area (Å²) in [5, 5.41) is 14.7. The molecule has 28 heavy (non-hydrogen) atoms. The van der Waals surface area contributed by atoms with Crippen LogP contribution in [0, 0.1) is 6.92 Å². The van der Waals surface area contributed by atoms with Gasteiger partial charge in [-0.1, -0.05) is 11.6 Å². The van der Waals surface area contributed by atoms with E-state index in [1.807, 2.05) is 29.8 Å². The summed E-state index contributed by atoms with van der Waals surface area (Å²) in [4.78, 5) is 20.9. The van der Waals surface area contributed by atoms with Gasteiger partial charge in [0.2, 0.25) is 0 Å². The number of anilines is 1. The Bertz CT molecular complexity index is 1010. The lowest BCUT2D eigenvalue weighted by atomic mass is 9.85. The topological polar surface area (TPSA) is 101 Å². The monoisotopic (exact) mass is 379 g/mol. The second kappa shape index (κ2) is 7.01. The molecule has 5 rings (SSSR count). The maximum atomic E-state index is 12.8. The Morgan fingerprint density at radius 2 is 2.04 bits per heavy atom. The number of nitrogens with one attached hydrogen (secondary N) is 3. The molecule has 0 bridgehead atoms. The van der Waals surface area contributed by atoms with Crippen molar-refractivity contribution >= 4 is 22.6 Å². The van der Waals surface area contributed by atoms with Gasteiger partial charge in [0.15, 0.2) is 5.69 Å². The number of imidazole rings is 1. The van der Waals surface area contributed by atoms with Gasteiger partial charge in [-0.3, -0.25) is 4.79 Å². The molecule has 0 unspecified atom stereocenters. The van der Waals surface area contributed by atoms with Gasteiger partial charge in [0.05, 0.1) is 22.8 Å². The summed E-state index contributed by atoms with van der Waals surface area (Å²) < 4.78 is 1.90. The number of aromatic amines is 1. The lowest BCUT2D eigenvalue weighted by molar-refractivity contribution is 0.102. The van der Waals surface area contributed by atoms with Crippen molar-refractivity contribution in [3.63, 3.8) is 0 Å². The molecule has 8 heteroatoms. The zero-order chi connectivity index (χ0) is 19.1. The highest BCUT2D eigenvalue weighted by Gasteiger charge is 2.24. The van der Waals surface area contributed by atoms with Crippen LogP contribution in [0.3, 0.4) is 0 Å². The maximum Gasteiger partial charge on any atom is 0.278 e. The van der Waals surface area contributed by atoms with Gasteiger partial charge in [0, 0.05) is 11.6 Å². The summed E-state index contributed by atoms with van der Waals surface area (Å²) in [6.07, 6.45) is 5.70. The Labute approximate surface area is 163 Å². The molecule has 1 aromatic carbocycles. The van der Waals surface area contributed by atoms with Crippen LogP contribution in [-0.2, 0) is 0 Å². The summed E-state index contributed by atoms with van der Waals surface area (Å²) in [6, 6.07) is 6.08. The van der Waals surface area contributed by atoms with E-state index in [2.05, 4.69) is 30.9 Å². The molecule has 0 spiro atoms. The summed E-state index contributed by atoms with van der Waals surface area (Å²) in [5.41, 5.74) is 3.83. The van der Waals surface area contributed by atoms with E-state index in [9.17, 15) is 4.79 Å². The minimum absolute atomic E-state index is 0.226. The average Bonchev–Trinajstić information content (AvgIpc) is 3.24. The van der Waals surface area contributed by atoms with Crippen LogP contribution in [-0.4, -0.2) is 44.0 Å². The largest absolute Gasteiger partial charge is 0.342 e. The van der Waals surface area contributed by atoms with E-state index >= 15 is 0 Å². The third kappa shape index (κ3) is 3.07. The van der Waals surface area contributed by atoms with E-state index < -0.39 is 0 Å². The zero-order valence-electron chi connectivity index (χ0n) is 16.0. The second-order valence-electron chi connectivity index (χ2n) is 7.89. The first kappa shape index (κ1) is 17.4. The summed E-state index contributed by atoms with van der Waals surface area (Å²) in [6.45, 7) is 3.86. The van der Waals surface area contributed by atoms with Gasteiger partial charge in [0.1, 0.15) is 5.82 Å². The molecular weight excluding hydrogens is 354 g/mol. The number of benzene rings is 1. The van der Waals surface area contributed by atoms with Gasteiger partial charge < -0.3 is 15.6 Å². The second-order valence-corrected chi connectivity index (χ2v) is 7.89. The summed E-state index contributed by atoms with van der Waals surface area (Å²) in [5.74, 6) is 1.39. The quantitative estimate of drug-likeness (QED) is 0.647. The van der Waals surface area contributed by atoms with Crippen molar-refractivity contribution in [1.82, 2.24) is 30.3 Å². The first-order chi connectivity index (χ1) is 13.7. The molecule has 3 aromatic rings. The number of hydrogen-bond donors (Lipinski definition) is 3. The molecule has 146 valence electrons. The number of fused-ring (bicyclic) bond motifs is 1. The van der Waals surface area contributed by atoms with Crippen LogP contribution in [0.1, 0.15) is 66.1 Å². The van der Waals surface area contributed by atoms with E-state index in [1.165, 1.54) is 19.3 Å². The number of rotatable bonds is 4. The van der Waals surface area contributed by atoms with Crippen molar-refractivity contribution in [3.8, 4) is 0 Å². The zero-order valence-corrected chi connectivity index (χ0v) is 16.0. The Morgan fingerprint density at radius 3 is 2.79 bits per heavy atom. The van der Waals surface area contributed by atoms with E-state index in [0.29, 0.717) is 17.7 Å². The molecule has 8 nitrogen and oxygen atoms in total. The van der Waals surface area contributed by atoms with Gasteiger partial charge in [-0.2, -0.15) is 0 Å². The molecule has 2 fully saturated rings. The molecule has 0 radical (unpaired) electrons. The fraction of sp³-hybridized carbons (Fsp3) is 0.500. The molecule has 1 saturated heterocycles. The number of H-pyrrole nitrogens is 1. The number of carbonyl (C=O) groups excluding carboxylic acids is 1. The standard InChI is InChI=1S/C20H25N7O/c1-12-18(25-26-27(12)15-7-9-21-10-8-15)20(28)22-14-5-6-16-17(11-14)24-19(23-16)13-3-2-4-13/h5-6,11,13,15,21H,2-4,7-10H2,1H3,(H,22,28)(H,23,24). The predicted molar refractivity (Wildman–Crippen MR) is 107 cm³/mol. The van der Waals surface area contributed by atoms with Crippen molar-refractivity contribution in [2.24, 2.45) is 0 Å². The molecule has 2 aliphatic rings. The highest BCUT2D eigenvalue weighted by Crippen LogP contribution is 2.35. The fourth-order valence-corrected chi connectivity index (χ4v) is 4.12. The van der Waals surface area contributed by atoms with Crippen LogP contribution >= 0.6 is 0 Å². The lowest BCUT2D eigenvalue weighted by Crippen LogP contribution is -2.30. The fourth-order valence-electron chi connectivity index (χ4n) is 4.12. The van der Waals surface area contributed by atoms with Crippen molar-refractivity contribution in [2.45, 2.75) is 51.0 Å². The third-order valence-corrected chi connectivity index (χ3v) is 6.05. The number of aromatic nitrogens is 5. The van der Waals surface area contributed by atoms with Gasteiger partial charge in [0.25, 0.3) is 5.91 Å². The Kier molecular flexibility index (Phi) is 4.35. The highest BCUT2D eigenvalue weighted by atomic mass is 16.2. The van der Waals surface area contributed by atoms with Crippen molar-refractivity contribution < 1.29 is 4.79 Å². The molecule has 0 atom stereocenters. The van der Waals surface area contributed by atoms with Gasteiger partial charge >= 0.3 is 0 Å². The number of hydrogen-bond acceptors (Lipinski definition) is 5. The molecule has 1 saturated carbocycles. The van der Waals surface area contributed by atoms with Crippen LogP contribution in [0.2, 0.25) is 0 Å². The maximum absolute atomic E-state index is 12.8. The van der Waals surface area contributed by atoms with Crippen LogP contribution in [0.5, 0.6) is 0 Å². The normalized spacial score (nSPS) is 18.3. The minimum Gasteiger partial charge on any atom is -0.342 e. The van der Waals surface area contributed by atoms with Crippen LogP contribution < -0.4 is 10.6 Å². The van der Waals surface area contributed by atoms with E-state index in [-0.39, 0.29) is 5.91 Å². The number of carbonyl (C=O) groups is 1. The van der Waals surface area contributed by atoms with Crippen LogP contribution in [0.25, 0.3) is 11.0 Å². The first-order valence-corrected chi connectivity index (χ1v) is 10.1. The number of nitrogens with zero attached hydrogens (tertiary/aromatic N) is 4. The van der Waals surface area contributed by atoms with Crippen molar-refractivity contribution in [1.29, 1.82) is 0 Å². The van der Waals surface area contributed by atoms with Gasteiger partial charge in [-0.25, -0.2) is 9.67 Å². The van der Waals surface area contributed by atoms with Crippen LogP contribution in [0.4, 0.5) is 5.69 Å². The Balaban J connectivity index is 1.34. The van der Waals surface area contributed by atoms with Crippen molar-refractivity contribution in [3.05, 3.63) is 35.4 Å². The third-order valence-electron chi connectivity index (χ3n) is 6.05. The first-order valence-electron chi connectivity index (χ1n) is 10.1. The summed E-state index contributed by atoms with van der Waals surface area (Å²) >= 11 is 0.